The number of aromatic nitrogens is 2. The Bertz CT molecular complexity index is 1270. The topological polar surface area (TPSA) is 102 Å². The zero-order valence-corrected chi connectivity index (χ0v) is 16.4. The lowest BCUT2D eigenvalue weighted by atomic mass is 9.86. The lowest BCUT2D eigenvalue weighted by Gasteiger charge is -2.31. The van der Waals surface area contributed by atoms with Crippen molar-refractivity contribution in [3.05, 3.63) is 55.8 Å². The molecule has 8 heteroatoms. The van der Waals surface area contributed by atoms with Crippen LogP contribution in [-0.4, -0.2) is 25.7 Å². The van der Waals surface area contributed by atoms with Gasteiger partial charge in [0.15, 0.2) is 5.60 Å². The number of hydrogen-bond donors (Lipinski definition) is 2. The summed E-state index contributed by atoms with van der Waals surface area (Å²) in [5.74, 6) is -0.628. The standard InChI is InChI=1S/C20H15BrN2O5/c1-2-20(27)12-6-14-17-9(5-10-13(22-17)3-4-15(24)16(10)21)7-23(14)18(25)11(12)8-28-19(20)26/h3-6,24,27H,2,7-8H2,1H3/t20-/m0/s1. The molecular formula is C20H15BrN2O5. The van der Waals surface area contributed by atoms with E-state index in [2.05, 4.69) is 20.9 Å². The second kappa shape index (κ2) is 5.65. The molecule has 1 atom stereocenters. The van der Waals surface area contributed by atoms with Crippen molar-refractivity contribution in [3.63, 3.8) is 0 Å². The molecule has 0 fully saturated rings. The monoisotopic (exact) mass is 442 g/mol. The Morgan fingerprint density at radius 1 is 1.32 bits per heavy atom. The normalized spacial score (nSPS) is 19.9. The van der Waals surface area contributed by atoms with Crippen LogP contribution in [0, 0.1) is 0 Å². The Morgan fingerprint density at radius 2 is 2.11 bits per heavy atom. The molecule has 0 saturated heterocycles. The third-order valence-corrected chi connectivity index (χ3v) is 6.44. The molecule has 0 bridgehead atoms. The lowest BCUT2D eigenvalue weighted by Crippen LogP contribution is -2.44. The molecule has 0 spiro atoms. The van der Waals surface area contributed by atoms with E-state index in [0.717, 1.165) is 10.9 Å². The van der Waals surface area contributed by atoms with Crippen LogP contribution in [0.1, 0.15) is 30.0 Å². The van der Waals surface area contributed by atoms with E-state index in [9.17, 15) is 19.8 Å². The third kappa shape index (κ3) is 2.10. The molecule has 4 heterocycles. The van der Waals surface area contributed by atoms with E-state index in [1.807, 2.05) is 6.07 Å². The van der Waals surface area contributed by atoms with Gasteiger partial charge in [-0.25, -0.2) is 9.78 Å². The molecule has 3 aromatic rings. The summed E-state index contributed by atoms with van der Waals surface area (Å²) in [6, 6.07) is 6.82. The van der Waals surface area contributed by atoms with Gasteiger partial charge in [0.1, 0.15) is 12.4 Å². The van der Waals surface area contributed by atoms with Gasteiger partial charge in [-0.2, -0.15) is 0 Å². The number of nitrogens with zero attached hydrogens (tertiary/aromatic N) is 2. The molecule has 0 aliphatic carbocycles. The molecule has 7 nitrogen and oxygen atoms in total. The van der Waals surface area contributed by atoms with E-state index in [-0.39, 0.29) is 24.3 Å². The predicted octanol–water partition coefficient (Wildman–Crippen LogP) is 2.55. The van der Waals surface area contributed by atoms with Crippen LogP contribution in [0.3, 0.4) is 0 Å². The minimum atomic E-state index is -1.84. The average molecular weight is 443 g/mol. The highest BCUT2D eigenvalue weighted by molar-refractivity contribution is 9.10. The molecular weight excluding hydrogens is 428 g/mol. The smallest absolute Gasteiger partial charge is 0.343 e. The number of aliphatic hydroxyl groups is 1. The Hall–Kier alpha value is -2.71. The minimum Gasteiger partial charge on any atom is -0.507 e. The van der Waals surface area contributed by atoms with Gasteiger partial charge in [-0.3, -0.25) is 4.79 Å². The van der Waals surface area contributed by atoms with Crippen LogP contribution in [0.5, 0.6) is 5.75 Å². The number of fused-ring (bicyclic) bond motifs is 5. The van der Waals surface area contributed by atoms with Gasteiger partial charge in [-0.05, 0) is 46.6 Å². The molecule has 1 aromatic carbocycles. The van der Waals surface area contributed by atoms with Crippen molar-refractivity contribution in [2.24, 2.45) is 0 Å². The number of carbonyl (C=O) groups is 1. The van der Waals surface area contributed by atoms with Gasteiger partial charge < -0.3 is 19.5 Å². The van der Waals surface area contributed by atoms with Crippen LogP contribution in [0.4, 0.5) is 0 Å². The number of ether oxygens (including phenoxy) is 1. The van der Waals surface area contributed by atoms with Crippen molar-refractivity contribution >= 4 is 32.8 Å². The highest BCUT2D eigenvalue weighted by atomic mass is 79.9. The number of rotatable bonds is 1. The number of phenolic OH excluding ortho intramolecular Hbond substituents is 1. The summed E-state index contributed by atoms with van der Waals surface area (Å²) in [6.45, 7) is 1.84. The van der Waals surface area contributed by atoms with Crippen molar-refractivity contribution < 1.29 is 19.7 Å². The van der Waals surface area contributed by atoms with Crippen molar-refractivity contribution in [2.45, 2.75) is 32.1 Å². The fourth-order valence-electron chi connectivity index (χ4n) is 4.01. The molecule has 28 heavy (non-hydrogen) atoms. The van der Waals surface area contributed by atoms with Crippen molar-refractivity contribution in [2.75, 3.05) is 0 Å². The molecule has 2 N–H and O–H groups in total. The number of benzene rings is 1. The van der Waals surface area contributed by atoms with Crippen LogP contribution in [-0.2, 0) is 28.3 Å². The van der Waals surface area contributed by atoms with Gasteiger partial charge in [0.25, 0.3) is 5.56 Å². The summed E-state index contributed by atoms with van der Waals surface area (Å²) in [5.41, 5.74) is 1.13. The number of phenols is 1. The zero-order valence-electron chi connectivity index (χ0n) is 14.8. The first-order valence-corrected chi connectivity index (χ1v) is 9.62. The van der Waals surface area contributed by atoms with Crippen LogP contribution < -0.4 is 5.56 Å². The van der Waals surface area contributed by atoms with Crippen LogP contribution >= 0.6 is 15.9 Å². The first-order chi connectivity index (χ1) is 13.3. The van der Waals surface area contributed by atoms with E-state index in [1.165, 1.54) is 0 Å². The van der Waals surface area contributed by atoms with Crippen LogP contribution in [0.25, 0.3) is 22.3 Å². The second-order valence-corrected chi connectivity index (χ2v) is 7.86. The Balaban J connectivity index is 1.80. The summed E-state index contributed by atoms with van der Waals surface area (Å²) < 4.78 is 7.19. The van der Waals surface area contributed by atoms with Gasteiger partial charge in [-0.1, -0.05) is 6.92 Å². The molecule has 0 saturated carbocycles. The van der Waals surface area contributed by atoms with E-state index in [0.29, 0.717) is 39.0 Å². The molecule has 2 aliphatic heterocycles. The van der Waals surface area contributed by atoms with E-state index in [1.54, 1.807) is 29.7 Å². The quantitative estimate of drug-likeness (QED) is 0.439. The third-order valence-electron chi connectivity index (χ3n) is 5.61. The van der Waals surface area contributed by atoms with E-state index in [4.69, 9.17) is 4.74 Å². The summed E-state index contributed by atoms with van der Waals surface area (Å²) in [7, 11) is 0. The Labute approximate surface area is 167 Å². The fraction of sp³-hybridized carbons (Fsp3) is 0.250. The molecule has 142 valence electrons. The number of halogens is 1. The minimum absolute atomic E-state index is 0.103. The molecule has 2 aromatic heterocycles. The number of hydrogen-bond acceptors (Lipinski definition) is 6. The fourth-order valence-corrected chi connectivity index (χ4v) is 4.46. The summed E-state index contributed by atoms with van der Waals surface area (Å²) in [6.07, 6.45) is 0.103. The zero-order chi connectivity index (χ0) is 19.8. The van der Waals surface area contributed by atoms with Crippen molar-refractivity contribution in [1.29, 1.82) is 0 Å². The molecule has 0 radical (unpaired) electrons. The number of esters is 1. The maximum absolute atomic E-state index is 13.1. The summed E-state index contributed by atoms with van der Waals surface area (Å²) >= 11 is 3.38. The number of carbonyl (C=O) groups excluding carboxylic acids is 1. The molecule has 5 rings (SSSR count). The van der Waals surface area contributed by atoms with E-state index >= 15 is 0 Å². The second-order valence-electron chi connectivity index (χ2n) is 7.06. The highest BCUT2D eigenvalue weighted by Crippen LogP contribution is 2.40. The van der Waals surface area contributed by atoms with Gasteiger partial charge >= 0.3 is 5.97 Å². The van der Waals surface area contributed by atoms with Crippen LogP contribution in [0.2, 0.25) is 0 Å². The SMILES string of the molecule is CC[C@@]1(O)C(=O)OCc2c1cc1n(c2=O)Cc2cc3c(Br)c(O)ccc3nc2-1. The first kappa shape index (κ1) is 17.4. The maximum atomic E-state index is 13.1. The van der Waals surface area contributed by atoms with Gasteiger partial charge in [0, 0.05) is 16.5 Å². The molecule has 0 unspecified atom stereocenters. The molecule has 2 aliphatic rings. The summed E-state index contributed by atoms with van der Waals surface area (Å²) in [5, 5.41) is 21.5. The van der Waals surface area contributed by atoms with Crippen molar-refractivity contribution in [1.82, 2.24) is 9.55 Å². The maximum Gasteiger partial charge on any atom is 0.343 e. The number of cyclic esters (lactones) is 1. The largest absolute Gasteiger partial charge is 0.507 e. The number of aromatic hydroxyl groups is 1. The van der Waals surface area contributed by atoms with Gasteiger partial charge in [0.2, 0.25) is 0 Å². The predicted molar refractivity (Wildman–Crippen MR) is 104 cm³/mol. The summed E-state index contributed by atoms with van der Waals surface area (Å²) in [4.78, 5) is 30.0. The van der Waals surface area contributed by atoms with Gasteiger partial charge in [-0.15, -0.1) is 0 Å². The number of pyridine rings is 2. The lowest BCUT2D eigenvalue weighted by molar-refractivity contribution is -0.172. The Morgan fingerprint density at radius 3 is 2.86 bits per heavy atom. The Kier molecular flexibility index (Phi) is 3.51. The average Bonchev–Trinajstić information content (AvgIpc) is 3.05. The highest BCUT2D eigenvalue weighted by Gasteiger charge is 2.45. The molecule has 0 amide bonds. The van der Waals surface area contributed by atoms with E-state index < -0.39 is 11.6 Å². The van der Waals surface area contributed by atoms with Crippen molar-refractivity contribution in [3.8, 4) is 17.1 Å². The van der Waals surface area contributed by atoms with Crippen LogP contribution in [0.15, 0.2) is 33.5 Å². The van der Waals surface area contributed by atoms with Gasteiger partial charge in [0.05, 0.1) is 33.5 Å². The first-order valence-electron chi connectivity index (χ1n) is 8.83.